The molecule has 0 saturated carbocycles. The van der Waals surface area contributed by atoms with E-state index in [1.807, 2.05) is 37.3 Å². The highest BCUT2D eigenvalue weighted by Crippen LogP contribution is 2.38. The topological polar surface area (TPSA) is 56.8 Å². The molecule has 1 heterocycles. The fourth-order valence-electron chi connectivity index (χ4n) is 2.47. The van der Waals surface area contributed by atoms with Gasteiger partial charge in [0.2, 0.25) is 0 Å². The van der Waals surface area contributed by atoms with E-state index in [1.54, 1.807) is 13.0 Å². The smallest absolute Gasteiger partial charge is 0.261 e. The molecule has 5 nitrogen and oxygen atoms in total. The molecule has 1 aliphatic heterocycles. The molecule has 1 unspecified atom stereocenters. The summed E-state index contributed by atoms with van der Waals surface area (Å²) in [5.74, 6) is 1.62. The second-order valence-electron chi connectivity index (χ2n) is 5.89. The van der Waals surface area contributed by atoms with Crippen molar-refractivity contribution in [3.05, 3.63) is 52.5 Å². The van der Waals surface area contributed by atoms with Gasteiger partial charge >= 0.3 is 0 Å². The van der Waals surface area contributed by atoms with Crippen LogP contribution in [0.3, 0.4) is 0 Å². The van der Waals surface area contributed by atoms with Gasteiger partial charge in [-0.25, -0.2) is 0 Å². The first kappa shape index (κ1) is 17.4. The Kier molecular flexibility index (Phi) is 5.34. The van der Waals surface area contributed by atoms with Crippen LogP contribution in [0.2, 0.25) is 5.02 Å². The van der Waals surface area contributed by atoms with Crippen molar-refractivity contribution >= 4 is 17.5 Å². The van der Waals surface area contributed by atoms with Crippen LogP contribution in [-0.2, 0) is 11.3 Å². The standard InChI is InChI=1S/C19H20ClNO4/c1-12-3-5-15(6-4-12)25-13(2)19(22)21-11-14-9-16(20)18-17(10-14)23-7-8-24-18/h3-6,9-10,13H,7-8,11H2,1-2H3,(H,21,22). The van der Waals surface area contributed by atoms with Gasteiger partial charge in [-0.15, -0.1) is 0 Å². The van der Waals surface area contributed by atoms with Crippen molar-refractivity contribution in [3.8, 4) is 17.2 Å². The minimum absolute atomic E-state index is 0.202. The number of ether oxygens (including phenoxy) is 3. The third-order valence-corrected chi connectivity index (χ3v) is 4.11. The largest absolute Gasteiger partial charge is 0.486 e. The van der Waals surface area contributed by atoms with Crippen LogP contribution in [0.15, 0.2) is 36.4 Å². The Labute approximate surface area is 151 Å². The molecule has 0 fully saturated rings. The van der Waals surface area contributed by atoms with Crippen LogP contribution in [0.4, 0.5) is 0 Å². The monoisotopic (exact) mass is 361 g/mol. The quantitative estimate of drug-likeness (QED) is 0.885. The van der Waals surface area contributed by atoms with Crippen molar-refractivity contribution < 1.29 is 19.0 Å². The van der Waals surface area contributed by atoms with Crippen molar-refractivity contribution in [2.75, 3.05) is 13.2 Å². The molecule has 1 aliphatic rings. The van der Waals surface area contributed by atoms with E-state index in [4.69, 9.17) is 25.8 Å². The minimum atomic E-state index is -0.601. The number of aryl methyl sites for hydroxylation is 1. The SMILES string of the molecule is Cc1ccc(OC(C)C(=O)NCc2cc(Cl)c3c(c2)OCCO3)cc1. The summed E-state index contributed by atoms with van der Waals surface area (Å²) in [6, 6.07) is 11.2. The van der Waals surface area contributed by atoms with Gasteiger partial charge in [0.05, 0.1) is 5.02 Å². The minimum Gasteiger partial charge on any atom is -0.486 e. The predicted octanol–water partition coefficient (Wildman–Crippen LogP) is 3.50. The van der Waals surface area contributed by atoms with E-state index in [1.165, 1.54) is 0 Å². The zero-order chi connectivity index (χ0) is 17.8. The highest BCUT2D eigenvalue weighted by molar-refractivity contribution is 6.32. The fraction of sp³-hybridized carbons (Fsp3) is 0.316. The number of amides is 1. The van der Waals surface area contributed by atoms with Gasteiger partial charge in [-0.05, 0) is 43.7 Å². The first-order chi connectivity index (χ1) is 12.0. The van der Waals surface area contributed by atoms with E-state index in [2.05, 4.69) is 5.32 Å². The van der Waals surface area contributed by atoms with Gasteiger partial charge < -0.3 is 19.5 Å². The molecule has 0 radical (unpaired) electrons. The zero-order valence-electron chi connectivity index (χ0n) is 14.2. The molecule has 1 atom stereocenters. The van der Waals surface area contributed by atoms with Crippen LogP contribution >= 0.6 is 11.6 Å². The zero-order valence-corrected chi connectivity index (χ0v) is 14.9. The number of halogens is 1. The average molecular weight is 362 g/mol. The van der Waals surface area contributed by atoms with Gasteiger partial charge in [0.25, 0.3) is 5.91 Å². The lowest BCUT2D eigenvalue weighted by Gasteiger charge is -2.20. The summed E-state index contributed by atoms with van der Waals surface area (Å²) in [5.41, 5.74) is 1.98. The van der Waals surface area contributed by atoms with Gasteiger partial charge in [-0.3, -0.25) is 4.79 Å². The number of carbonyl (C=O) groups excluding carboxylic acids is 1. The number of carbonyl (C=O) groups is 1. The number of benzene rings is 2. The Hall–Kier alpha value is -2.40. The highest BCUT2D eigenvalue weighted by Gasteiger charge is 2.18. The highest BCUT2D eigenvalue weighted by atomic mass is 35.5. The van der Waals surface area contributed by atoms with Gasteiger partial charge in [-0.2, -0.15) is 0 Å². The molecule has 0 spiro atoms. The molecule has 132 valence electrons. The maximum atomic E-state index is 12.2. The normalized spacial score (nSPS) is 13.9. The Morgan fingerprint density at radius 2 is 1.96 bits per heavy atom. The molecule has 2 aromatic carbocycles. The summed E-state index contributed by atoms with van der Waals surface area (Å²) >= 11 is 6.20. The lowest BCUT2D eigenvalue weighted by molar-refractivity contribution is -0.127. The molecule has 0 bridgehead atoms. The Morgan fingerprint density at radius 3 is 2.72 bits per heavy atom. The molecular weight excluding hydrogens is 342 g/mol. The Morgan fingerprint density at radius 1 is 1.24 bits per heavy atom. The predicted molar refractivity (Wildman–Crippen MR) is 95.6 cm³/mol. The van der Waals surface area contributed by atoms with Gasteiger partial charge in [0, 0.05) is 6.54 Å². The van der Waals surface area contributed by atoms with Crippen LogP contribution in [0, 0.1) is 6.92 Å². The Balaban J connectivity index is 1.58. The second kappa shape index (κ2) is 7.66. The van der Waals surface area contributed by atoms with Crippen molar-refractivity contribution in [1.29, 1.82) is 0 Å². The number of rotatable bonds is 5. The molecule has 2 aromatic rings. The third-order valence-electron chi connectivity index (χ3n) is 3.83. The number of nitrogens with one attached hydrogen (secondary N) is 1. The lowest BCUT2D eigenvalue weighted by Crippen LogP contribution is -2.35. The molecule has 3 rings (SSSR count). The van der Waals surface area contributed by atoms with E-state index in [0.29, 0.717) is 42.0 Å². The molecule has 1 N–H and O–H groups in total. The summed E-state index contributed by atoms with van der Waals surface area (Å²) in [6.45, 7) is 5.01. The van der Waals surface area contributed by atoms with Crippen LogP contribution in [0.5, 0.6) is 17.2 Å². The van der Waals surface area contributed by atoms with E-state index in [9.17, 15) is 4.79 Å². The van der Waals surface area contributed by atoms with Crippen molar-refractivity contribution in [3.63, 3.8) is 0 Å². The Bertz CT molecular complexity index is 761. The van der Waals surface area contributed by atoms with Gasteiger partial charge in [0.1, 0.15) is 19.0 Å². The van der Waals surface area contributed by atoms with Crippen molar-refractivity contribution in [2.24, 2.45) is 0 Å². The maximum absolute atomic E-state index is 12.2. The molecule has 0 aliphatic carbocycles. The molecule has 6 heteroatoms. The van der Waals surface area contributed by atoms with Crippen LogP contribution < -0.4 is 19.5 Å². The van der Waals surface area contributed by atoms with Crippen LogP contribution in [-0.4, -0.2) is 25.2 Å². The molecule has 0 saturated heterocycles. The lowest BCUT2D eigenvalue weighted by atomic mass is 10.2. The van der Waals surface area contributed by atoms with Crippen LogP contribution in [0.1, 0.15) is 18.1 Å². The summed E-state index contributed by atoms with van der Waals surface area (Å²) in [7, 11) is 0. The first-order valence-corrected chi connectivity index (χ1v) is 8.50. The van der Waals surface area contributed by atoms with E-state index >= 15 is 0 Å². The second-order valence-corrected chi connectivity index (χ2v) is 6.30. The summed E-state index contributed by atoms with van der Waals surface area (Å²) in [4.78, 5) is 12.2. The summed E-state index contributed by atoms with van der Waals surface area (Å²) in [5, 5.41) is 3.32. The molecule has 25 heavy (non-hydrogen) atoms. The molecule has 0 aromatic heterocycles. The van der Waals surface area contributed by atoms with Crippen LogP contribution in [0.25, 0.3) is 0 Å². The summed E-state index contributed by atoms with van der Waals surface area (Å²) in [6.07, 6.45) is -0.601. The first-order valence-electron chi connectivity index (χ1n) is 8.12. The fourth-order valence-corrected chi connectivity index (χ4v) is 2.76. The molecule has 1 amide bonds. The number of hydrogen-bond donors (Lipinski definition) is 1. The van der Waals surface area contributed by atoms with Crippen molar-refractivity contribution in [1.82, 2.24) is 5.32 Å². The van der Waals surface area contributed by atoms with E-state index in [-0.39, 0.29) is 5.91 Å². The average Bonchev–Trinajstić information content (AvgIpc) is 2.61. The number of fused-ring (bicyclic) bond motifs is 1. The molecular formula is C19H20ClNO4. The van der Waals surface area contributed by atoms with E-state index < -0.39 is 6.10 Å². The van der Waals surface area contributed by atoms with E-state index in [0.717, 1.165) is 11.1 Å². The maximum Gasteiger partial charge on any atom is 0.261 e. The van der Waals surface area contributed by atoms with Gasteiger partial charge in [0.15, 0.2) is 17.6 Å². The summed E-state index contributed by atoms with van der Waals surface area (Å²) < 4.78 is 16.7. The number of hydrogen-bond acceptors (Lipinski definition) is 4. The van der Waals surface area contributed by atoms with Crippen molar-refractivity contribution in [2.45, 2.75) is 26.5 Å². The third kappa shape index (κ3) is 4.37. The van der Waals surface area contributed by atoms with Gasteiger partial charge in [-0.1, -0.05) is 29.3 Å².